The van der Waals surface area contributed by atoms with Crippen molar-refractivity contribution >= 4 is 29.3 Å². The average Bonchev–Trinajstić information content (AvgIpc) is 2.27. The number of hydrogen-bond acceptors (Lipinski definition) is 5. The van der Waals surface area contributed by atoms with Crippen LogP contribution in [-0.2, 0) is 4.74 Å². The monoisotopic (exact) mass is 306 g/mol. The highest BCUT2D eigenvalue weighted by Crippen LogP contribution is 2.20. The Morgan fingerprint density at radius 2 is 2.11 bits per heavy atom. The molecule has 0 bridgehead atoms. The van der Waals surface area contributed by atoms with E-state index < -0.39 is 17.7 Å². The summed E-state index contributed by atoms with van der Waals surface area (Å²) >= 11 is 11.6. The molecular weight excluding hydrogens is 291 g/mol. The first-order valence-corrected chi connectivity index (χ1v) is 6.35. The van der Waals surface area contributed by atoms with Gasteiger partial charge in [-0.25, -0.2) is 4.79 Å². The summed E-state index contributed by atoms with van der Waals surface area (Å²) in [5.41, 5.74) is 5.85. The summed E-state index contributed by atoms with van der Waals surface area (Å²) in [6.45, 7) is 5.47. The van der Waals surface area contributed by atoms with Gasteiger partial charge in [0.2, 0.25) is 0 Å². The third-order valence-corrected chi connectivity index (χ3v) is 2.49. The maximum atomic E-state index is 11.5. The highest BCUT2D eigenvalue weighted by atomic mass is 35.5. The summed E-state index contributed by atoms with van der Waals surface area (Å²) in [6.07, 6.45) is -0.549. The number of nitrogens with two attached hydrogens (primary N) is 1. The zero-order valence-electron chi connectivity index (χ0n) is 10.9. The third kappa shape index (κ3) is 5.59. The van der Waals surface area contributed by atoms with Crippen LogP contribution in [0.25, 0.3) is 0 Å². The molecule has 0 fully saturated rings. The Morgan fingerprint density at radius 3 is 2.68 bits per heavy atom. The van der Waals surface area contributed by atoms with Crippen molar-refractivity contribution in [2.45, 2.75) is 32.4 Å². The molecule has 1 aromatic rings. The van der Waals surface area contributed by atoms with Crippen molar-refractivity contribution in [3.05, 3.63) is 21.9 Å². The van der Waals surface area contributed by atoms with Crippen LogP contribution < -0.4 is 11.1 Å². The first-order chi connectivity index (χ1) is 8.69. The van der Waals surface area contributed by atoms with Gasteiger partial charge in [-0.2, -0.15) is 0 Å². The van der Waals surface area contributed by atoms with Crippen molar-refractivity contribution in [1.82, 2.24) is 15.5 Å². The maximum absolute atomic E-state index is 11.5. The molecule has 0 saturated carbocycles. The standard InChI is InChI=1S/C11H16Cl2N4O2/c1-11(2,3)19-10(18)15-5-7(14)6-4-8(12)16-17-9(6)13/h4,7H,5,14H2,1-3H3,(H,15,18). The Hall–Kier alpha value is -1.11. The molecule has 6 nitrogen and oxygen atoms in total. The zero-order chi connectivity index (χ0) is 14.6. The molecule has 106 valence electrons. The van der Waals surface area contributed by atoms with E-state index in [2.05, 4.69) is 15.5 Å². The second-order valence-corrected chi connectivity index (χ2v) is 5.65. The molecule has 3 N–H and O–H groups in total. The third-order valence-electron chi connectivity index (χ3n) is 2.01. The lowest BCUT2D eigenvalue weighted by molar-refractivity contribution is 0.0524. The van der Waals surface area contributed by atoms with Crippen LogP contribution in [0.4, 0.5) is 4.79 Å². The van der Waals surface area contributed by atoms with Crippen molar-refractivity contribution in [2.24, 2.45) is 5.73 Å². The SMILES string of the molecule is CC(C)(C)OC(=O)NCC(N)c1cc(Cl)nnc1Cl. The van der Waals surface area contributed by atoms with E-state index >= 15 is 0 Å². The Labute approximate surface area is 121 Å². The van der Waals surface area contributed by atoms with E-state index in [1.54, 1.807) is 20.8 Å². The molecule has 0 saturated heterocycles. The normalized spacial score (nSPS) is 12.9. The molecule has 0 aromatic carbocycles. The molecule has 1 unspecified atom stereocenters. The van der Waals surface area contributed by atoms with E-state index in [0.29, 0.717) is 5.56 Å². The second-order valence-electron chi connectivity index (χ2n) is 4.90. The zero-order valence-corrected chi connectivity index (χ0v) is 12.4. The molecule has 19 heavy (non-hydrogen) atoms. The molecule has 1 amide bonds. The number of alkyl carbamates (subject to hydrolysis) is 1. The quantitative estimate of drug-likeness (QED) is 0.894. The lowest BCUT2D eigenvalue weighted by atomic mass is 10.1. The molecule has 1 atom stereocenters. The Morgan fingerprint density at radius 1 is 1.47 bits per heavy atom. The molecule has 0 spiro atoms. The van der Waals surface area contributed by atoms with Crippen LogP contribution in [0.3, 0.4) is 0 Å². The summed E-state index contributed by atoms with van der Waals surface area (Å²) < 4.78 is 5.09. The van der Waals surface area contributed by atoms with Crippen molar-refractivity contribution in [3.8, 4) is 0 Å². The number of ether oxygens (including phenoxy) is 1. The molecule has 0 aliphatic carbocycles. The molecular formula is C11H16Cl2N4O2. The van der Waals surface area contributed by atoms with E-state index in [4.69, 9.17) is 33.7 Å². The number of hydrogen-bond donors (Lipinski definition) is 2. The Bertz CT molecular complexity index is 462. The fourth-order valence-corrected chi connectivity index (χ4v) is 1.63. The number of nitrogens with zero attached hydrogens (tertiary/aromatic N) is 2. The number of amides is 1. The van der Waals surface area contributed by atoms with Gasteiger partial charge >= 0.3 is 6.09 Å². The highest BCUT2D eigenvalue weighted by molar-refractivity contribution is 6.31. The van der Waals surface area contributed by atoms with Gasteiger partial charge in [-0.05, 0) is 26.8 Å². The fourth-order valence-electron chi connectivity index (χ4n) is 1.24. The summed E-state index contributed by atoms with van der Waals surface area (Å²) in [7, 11) is 0. The summed E-state index contributed by atoms with van der Waals surface area (Å²) in [5, 5.41) is 10.1. The smallest absolute Gasteiger partial charge is 0.407 e. The topological polar surface area (TPSA) is 90.1 Å². The molecule has 1 aromatic heterocycles. The van der Waals surface area contributed by atoms with Crippen LogP contribution in [0.5, 0.6) is 0 Å². The van der Waals surface area contributed by atoms with Crippen LogP contribution in [0.2, 0.25) is 10.3 Å². The van der Waals surface area contributed by atoms with Crippen LogP contribution in [0, 0.1) is 0 Å². The predicted octanol–water partition coefficient (Wildman–Crippen LogP) is 2.31. The van der Waals surface area contributed by atoms with E-state index in [1.165, 1.54) is 6.07 Å². The predicted molar refractivity (Wildman–Crippen MR) is 73.2 cm³/mol. The number of nitrogens with one attached hydrogen (secondary N) is 1. The minimum absolute atomic E-state index is 0.149. The number of rotatable bonds is 3. The highest BCUT2D eigenvalue weighted by Gasteiger charge is 2.18. The van der Waals surface area contributed by atoms with Crippen LogP contribution in [0.1, 0.15) is 32.4 Å². The molecule has 0 radical (unpaired) electrons. The summed E-state index contributed by atoms with van der Waals surface area (Å²) in [5.74, 6) is 0. The largest absolute Gasteiger partial charge is 0.444 e. The molecule has 0 aliphatic rings. The lowest BCUT2D eigenvalue weighted by Crippen LogP contribution is -2.36. The molecule has 8 heteroatoms. The fraction of sp³-hybridized carbons (Fsp3) is 0.545. The van der Waals surface area contributed by atoms with E-state index in [1.807, 2.05) is 0 Å². The van der Waals surface area contributed by atoms with Gasteiger partial charge in [-0.3, -0.25) is 0 Å². The van der Waals surface area contributed by atoms with Gasteiger partial charge in [0, 0.05) is 12.1 Å². The Balaban J connectivity index is 2.58. The summed E-state index contributed by atoms with van der Waals surface area (Å²) in [4.78, 5) is 11.5. The number of halogens is 2. The number of carbonyl (C=O) groups is 1. The van der Waals surface area contributed by atoms with Crippen molar-refractivity contribution in [3.63, 3.8) is 0 Å². The van der Waals surface area contributed by atoms with E-state index in [9.17, 15) is 4.79 Å². The molecule has 0 aliphatic heterocycles. The number of carbonyl (C=O) groups excluding carboxylic acids is 1. The summed E-state index contributed by atoms with van der Waals surface area (Å²) in [6, 6.07) is 0.964. The minimum atomic E-state index is -0.562. The van der Waals surface area contributed by atoms with Crippen LogP contribution in [-0.4, -0.2) is 28.4 Å². The van der Waals surface area contributed by atoms with Crippen LogP contribution in [0.15, 0.2) is 6.07 Å². The van der Waals surface area contributed by atoms with Crippen molar-refractivity contribution in [2.75, 3.05) is 6.54 Å². The lowest BCUT2D eigenvalue weighted by Gasteiger charge is -2.21. The molecule has 1 heterocycles. The average molecular weight is 307 g/mol. The van der Waals surface area contributed by atoms with Crippen LogP contribution >= 0.6 is 23.2 Å². The van der Waals surface area contributed by atoms with Gasteiger partial charge in [0.25, 0.3) is 0 Å². The van der Waals surface area contributed by atoms with Gasteiger partial charge in [0.1, 0.15) is 5.60 Å². The van der Waals surface area contributed by atoms with Crippen molar-refractivity contribution in [1.29, 1.82) is 0 Å². The van der Waals surface area contributed by atoms with Gasteiger partial charge < -0.3 is 15.8 Å². The van der Waals surface area contributed by atoms with E-state index in [0.717, 1.165) is 0 Å². The van der Waals surface area contributed by atoms with E-state index in [-0.39, 0.29) is 16.9 Å². The van der Waals surface area contributed by atoms with Gasteiger partial charge in [0.05, 0.1) is 6.04 Å². The van der Waals surface area contributed by atoms with Gasteiger partial charge in [-0.15, -0.1) is 10.2 Å². The van der Waals surface area contributed by atoms with Gasteiger partial charge in [-0.1, -0.05) is 23.2 Å². The minimum Gasteiger partial charge on any atom is -0.444 e. The molecule has 1 rings (SSSR count). The first kappa shape index (κ1) is 15.9. The second kappa shape index (κ2) is 6.36. The maximum Gasteiger partial charge on any atom is 0.407 e. The van der Waals surface area contributed by atoms with Crippen molar-refractivity contribution < 1.29 is 9.53 Å². The van der Waals surface area contributed by atoms with Gasteiger partial charge in [0.15, 0.2) is 10.3 Å². The Kier molecular flexibility index (Phi) is 5.34. The number of aromatic nitrogens is 2. The first-order valence-electron chi connectivity index (χ1n) is 5.60.